The first kappa shape index (κ1) is 13.2. The minimum absolute atomic E-state index is 0.0177. The van der Waals surface area contributed by atoms with E-state index in [9.17, 15) is 20.0 Å². The van der Waals surface area contributed by atoms with E-state index in [2.05, 4.69) is 15.5 Å². The van der Waals surface area contributed by atoms with Gasteiger partial charge in [0.25, 0.3) is 11.6 Å². The van der Waals surface area contributed by atoms with E-state index in [-0.39, 0.29) is 26.6 Å². The Hall–Kier alpha value is -2.26. The van der Waals surface area contributed by atoms with E-state index < -0.39 is 10.8 Å². The van der Waals surface area contributed by atoms with Crippen molar-refractivity contribution in [2.24, 2.45) is 0 Å². The summed E-state index contributed by atoms with van der Waals surface area (Å²) in [4.78, 5) is 21.7. The Morgan fingerprint density at radius 3 is 2.79 bits per heavy atom. The predicted molar refractivity (Wildman–Crippen MR) is 67.6 cm³/mol. The maximum Gasteiger partial charge on any atom is 0.286 e. The molecule has 1 heterocycles. The van der Waals surface area contributed by atoms with Crippen molar-refractivity contribution in [1.82, 2.24) is 10.2 Å². The number of aromatic nitrogens is 2. The van der Waals surface area contributed by atoms with Gasteiger partial charge in [-0.25, -0.2) is 0 Å². The van der Waals surface area contributed by atoms with Crippen LogP contribution in [0.1, 0.15) is 9.80 Å². The molecule has 0 aliphatic rings. The van der Waals surface area contributed by atoms with E-state index in [0.717, 1.165) is 29.5 Å². The molecule has 0 fully saturated rings. The predicted octanol–water partition coefficient (Wildman–Crippen LogP) is 2.06. The van der Waals surface area contributed by atoms with Crippen molar-refractivity contribution in [3.05, 3.63) is 37.8 Å². The number of benzene rings is 1. The van der Waals surface area contributed by atoms with Crippen LogP contribution in [0.25, 0.3) is 0 Å². The molecule has 0 aliphatic heterocycles. The highest BCUT2D eigenvalue weighted by Crippen LogP contribution is 2.28. The van der Waals surface area contributed by atoms with E-state index in [0.29, 0.717) is 0 Å². The molecule has 0 radical (unpaired) electrons. The average molecular weight is 301 g/mol. The molecule has 0 spiro atoms. The Balaban J connectivity index is 2.25. The summed E-state index contributed by atoms with van der Waals surface area (Å²) in [5.41, 5.74) is -0.353. The van der Waals surface area contributed by atoms with Gasteiger partial charge in [-0.1, -0.05) is 11.3 Å². The SMILES string of the molecule is O=C(Nc1cc([N+](=O)[O-])ccc1O)c1nnc(Cl)s1. The Kier molecular flexibility index (Phi) is 3.58. The van der Waals surface area contributed by atoms with Gasteiger partial charge in [0.15, 0.2) is 0 Å². The van der Waals surface area contributed by atoms with Crippen molar-refractivity contribution >= 4 is 40.2 Å². The Labute approximate surface area is 114 Å². The first-order chi connectivity index (χ1) is 8.97. The molecule has 98 valence electrons. The Bertz CT molecular complexity index is 659. The molecular weight excluding hydrogens is 296 g/mol. The van der Waals surface area contributed by atoms with Gasteiger partial charge in [-0.15, -0.1) is 10.2 Å². The monoisotopic (exact) mass is 300 g/mol. The largest absolute Gasteiger partial charge is 0.506 e. The van der Waals surface area contributed by atoms with Gasteiger partial charge >= 0.3 is 0 Å². The molecule has 0 unspecified atom stereocenters. The molecule has 1 aromatic carbocycles. The van der Waals surface area contributed by atoms with Gasteiger partial charge in [-0.2, -0.15) is 0 Å². The number of anilines is 1. The van der Waals surface area contributed by atoms with Gasteiger partial charge in [-0.3, -0.25) is 14.9 Å². The molecule has 2 aromatic rings. The fraction of sp³-hybridized carbons (Fsp3) is 0. The third-order valence-corrected chi connectivity index (χ3v) is 3.05. The van der Waals surface area contributed by atoms with E-state index in [1.54, 1.807) is 0 Å². The van der Waals surface area contributed by atoms with Crippen molar-refractivity contribution < 1.29 is 14.8 Å². The molecule has 8 nitrogen and oxygen atoms in total. The van der Waals surface area contributed by atoms with Gasteiger partial charge in [0.2, 0.25) is 9.47 Å². The summed E-state index contributed by atoms with van der Waals surface area (Å²) in [7, 11) is 0. The van der Waals surface area contributed by atoms with Gasteiger partial charge in [0, 0.05) is 12.1 Å². The summed E-state index contributed by atoms with van der Waals surface area (Å²) < 4.78 is 0.0911. The van der Waals surface area contributed by atoms with Crippen LogP contribution in [0, 0.1) is 10.1 Å². The number of rotatable bonds is 3. The number of carbonyl (C=O) groups is 1. The second kappa shape index (κ2) is 5.16. The molecule has 0 bridgehead atoms. The van der Waals surface area contributed by atoms with Crippen LogP contribution >= 0.6 is 22.9 Å². The second-order valence-electron chi connectivity index (χ2n) is 3.27. The van der Waals surface area contributed by atoms with E-state index >= 15 is 0 Å². The number of aromatic hydroxyl groups is 1. The van der Waals surface area contributed by atoms with E-state index in [4.69, 9.17) is 11.6 Å². The summed E-state index contributed by atoms with van der Waals surface area (Å²) >= 11 is 6.38. The van der Waals surface area contributed by atoms with Crippen LogP contribution in [0.3, 0.4) is 0 Å². The highest BCUT2D eigenvalue weighted by molar-refractivity contribution is 7.17. The van der Waals surface area contributed by atoms with Crippen molar-refractivity contribution in [2.75, 3.05) is 5.32 Å². The van der Waals surface area contributed by atoms with Crippen molar-refractivity contribution in [3.8, 4) is 5.75 Å². The molecule has 1 aromatic heterocycles. The minimum Gasteiger partial charge on any atom is -0.506 e. The highest BCUT2D eigenvalue weighted by Gasteiger charge is 2.16. The Morgan fingerprint density at radius 2 is 2.21 bits per heavy atom. The zero-order chi connectivity index (χ0) is 14.0. The summed E-state index contributed by atoms with van der Waals surface area (Å²) in [5, 5.41) is 29.4. The third-order valence-electron chi connectivity index (χ3n) is 2.03. The number of amides is 1. The van der Waals surface area contributed by atoms with Gasteiger partial charge in [0.1, 0.15) is 5.75 Å². The fourth-order valence-electron chi connectivity index (χ4n) is 1.21. The highest BCUT2D eigenvalue weighted by atomic mass is 35.5. The third kappa shape index (κ3) is 2.95. The smallest absolute Gasteiger partial charge is 0.286 e. The lowest BCUT2D eigenvalue weighted by atomic mass is 10.2. The van der Waals surface area contributed by atoms with Crippen LogP contribution < -0.4 is 5.32 Å². The summed E-state index contributed by atoms with van der Waals surface area (Å²) in [5.74, 6) is -0.963. The number of carbonyl (C=O) groups excluding carboxylic acids is 1. The number of halogens is 1. The number of phenolic OH excluding ortho intramolecular Hbond substituents is 1. The van der Waals surface area contributed by atoms with Crippen molar-refractivity contribution in [3.63, 3.8) is 0 Å². The second-order valence-corrected chi connectivity index (χ2v) is 4.83. The maximum absolute atomic E-state index is 11.7. The minimum atomic E-state index is -0.666. The number of nitro benzene ring substituents is 1. The summed E-state index contributed by atoms with van der Waals surface area (Å²) in [6, 6.07) is 3.27. The number of nitrogens with zero attached hydrogens (tertiary/aromatic N) is 3. The first-order valence-electron chi connectivity index (χ1n) is 4.75. The lowest BCUT2D eigenvalue weighted by Gasteiger charge is -2.04. The molecular formula is C9H5ClN4O4S. The summed E-state index contributed by atoms with van der Waals surface area (Å²) in [6.07, 6.45) is 0. The van der Waals surface area contributed by atoms with E-state index in [1.165, 1.54) is 0 Å². The first-order valence-corrected chi connectivity index (χ1v) is 5.94. The fourth-order valence-corrected chi connectivity index (χ4v) is 1.93. The normalized spacial score (nSPS) is 10.2. The number of phenols is 1. The standard InChI is InChI=1S/C9H5ClN4O4S/c10-9-13-12-8(19-9)7(16)11-5-3-4(14(17)18)1-2-6(5)15/h1-3,15H,(H,11,16). The van der Waals surface area contributed by atoms with E-state index in [1.807, 2.05) is 0 Å². The van der Waals surface area contributed by atoms with Crippen LogP contribution in [0.2, 0.25) is 4.47 Å². The molecule has 0 aliphatic carbocycles. The maximum atomic E-state index is 11.7. The number of nitro groups is 1. The molecule has 2 rings (SSSR count). The van der Waals surface area contributed by atoms with Crippen molar-refractivity contribution in [2.45, 2.75) is 0 Å². The van der Waals surface area contributed by atoms with Gasteiger partial charge in [-0.05, 0) is 17.7 Å². The number of non-ortho nitro benzene ring substituents is 1. The molecule has 2 N–H and O–H groups in total. The van der Waals surface area contributed by atoms with Crippen LogP contribution in [0.5, 0.6) is 5.75 Å². The lowest BCUT2D eigenvalue weighted by Crippen LogP contribution is -2.11. The summed E-state index contributed by atoms with van der Waals surface area (Å²) in [6.45, 7) is 0. The Morgan fingerprint density at radius 1 is 1.47 bits per heavy atom. The molecule has 10 heteroatoms. The lowest BCUT2D eigenvalue weighted by molar-refractivity contribution is -0.384. The van der Waals surface area contributed by atoms with Gasteiger partial charge < -0.3 is 10.4 Å². The topological polar surface area (TPSA) is 118 Å². The van der Waals surface area contributed by atoms with Crippen LogP contribution in [0.4, 0.5) is 11.4 Å². The quantitative estimate of drug-likeness (QED) is 0.509. The zero-order valence-corrected chi connectivity index (χ0v) is 10.6. The van der Waals surface area contributed by atoms with Crippen LogP contribution in [0.15, 0.2) is 18.2 Å². The zero-order valence-electron chi connectivity index (χ0n) is 9.03. The average Bonchev–Trinajstić information content (AvgIpc) is 2.78. The number of hydrogen-bond acceptors (Lipinski definition) is 7. The van der Waals surface area contributed by atoms with Crippen molar-refractivity contribution in [1.29, 1.82) is 0 Å². The number of hydrogen-bond donors (Lipinski definition) is 2. The molecule has 0 saturated heterocycles. The van der Waals surface area contributed by atoms with Crippen LogP contribution in [-0.4, -0.2) is 26.1 Å². The van der Waals surface area contributed by atoms with Crippen LogP contribution in [-0.2, 0) is 0 Å². The molecule has 0 atom stereocenters. The van der Waals surface area contributed by atoms with Gasteiger partial charge in [0.05, 0.1) is 10.6 Å². The number of nitrogens with one attached hydrogen (secondary N) is 1. The molecule has 1 amide bonds. The molecule has 0 saturated carbocycles. The molecule has 19 heavy (non-hydrogen) atoms.